The Labute approximate surface area is 88.4 Å². The zero-order chi connectivity index (χ0) is 10.7. The van der Waals surface area contributed by atoms with E-state index in [0.29, 0.717) is 5.92 Å². The third-order valence-corrected chi connectivity index (χ3v) is 2.62. The Hall–Kier alpha value is -0.780. The summed E-state index contributed by atoms with van der Waals surface area (Å²) in [6.07, 6.45) is 1.20. The second-order valence-electron chi connectivity index (χ2n) is 4.90. The molecule has 0 saturated heterocycles. The lowest BCUT2D eigenvalue weighted by atomic mass is 9.89. The molecule has 78 valence electrons. The molecule has 0 heterocycles. The summed E-state index contributed by atoms with van der Waals surface area (Å²) in [5.74, 6) is 1.39. The average Bonchev–Trinajstić information content (AvgIpc) is 2.01. The van der Waals surface area contributed by atoms with Crippen LogP contribution in [0.2, 0.25) is 0 Å². The van der Waals surface area contributed by atoms with Gasteiger partial charge in [0.05, 0.1) is 0 Å². The predicted molar refractivity (Wildman–Crippen MR) is 63.8 cm³/mol. The highest BCUT2D eigenvalue weighted by molar-refractivity contribution is 5.37. The summed E-state index contributed by atoms with van der Waals surface area (Å²) in [5, 5.41) is 0. The Balaban J connectivity index is 3.08. The lowest BCUT2D eigenvalue weighted by Gasteiger charge is -2.17. The van der Waals surface area contributed by atoms with Gasteiger partial charge in [0, 0.05) is 0 Å². The van der Waals surface area contributed by atoms with Crippen molar-refractivity contribution in [2.24, 2.45) is 5.92 Å². The molecule has 0 spiro atoms. The fourth-order valence-corrected chi connectivity index (χ4v) is 2.19. The van der Waals surface area contributed by atoms with Crippen molar-refractivity contribution >= 4 is 0 Å². The van der Waals surface area contributed by atoms with Crippen LogP contribution < -0.4 is 0 Å². The molecule has 0 fully saturated rings. The standard InChI is InChI=1S/C14H22/c1-10(2)9-13-8-6-7-12(5)14(13)11(3)4/h6-8,10-11H,9H2,1-5H3. The molecule has 0 aliphatic rings. The van der Waals surface area contributed by atoms with E-state index < -0.39 is 0 Å². The van der Waals surface area contributed by atoms with E-state index in [4.69, 9.17) is 0 Å². The molecule has 0 unspecified atom stereocenters. The van der Waals surface area contributed by atoms with Crippen molar-refractivity contribution in [3.8, 4) is 0 Å². The molecule has 0 bridgehead atoms. The van der Waals surface area contributed by atoms with Gasteiger partial charge >= 0.3 is 0 Å². The molecule has 0 aromatic heterocycles. The Morgan fingerprint density at radius 3 is 2.21 bits per heavy atom. The molecule has 0 N–H and O–H groups in total. The summed E-state index contributed by atoms with van der Waals surface area (Å²) in [5.41, 5.74) is 4.54. The second kappa shape index (κ2) is 4.63. The number of benzene rings is 1. The van der Waals surface area contributed by atoms with Crippen LogP contribution in [-0.4, -0.2) is 0 Å². The van der Waals surface area contributed by atoms with E-state index in [1.54, 1.807) is 5.56 Å². The van der Waals surface area contributed by atoms with Crippen molar-refractivity contribution in [2.45, 2.75) is 47.0 Å². The first-order chi connectivity index (χ1) is 6.52. The largest absolute Gasteiger partial charge is 0.0625 e. The summed E-state index contributed by atoms with van der Waals surface area (Å²) in [4.78, 5) is 0. The zero-order valence-corrected chi connectivity index (χ0v) is 10.1. The average molecular weight is 190 g/mol. The van der Waals surface area contributed by atoms with Crippen molar-refractivity contribution in [3.63, 3.8) is 0 Å². The summed E-state index contributed by atoms with van der Waals surface area (Å²) in [7, 11) is 0. The van der Waals surface area contributed by atoms with Gasteiger partial charge in [-0.1, -0.05) is 45.9 Å². The van der Waals surface area contributed by atoms with Gasteiger partial charge in [-0.05, 0) is 41.9 Å². The fourth-order valence-electron chi connectivity index (χ4n) is 2.19. The highest BCUT2D eigenvalue weighted by atomic mass is 14.1. The van der Waals surface area contributed by atoms with Gasteiger partial charge in [0.15, 0.2) is 0 Å². The second-order valence-corrected chi connectivity index (χ2v) is 4.90. The third-order valence-electron chi connectivity index (χ3n) is 2.62. The van der Waals surface area contributed by atoms with E-state index in [0.717, 1.165) is 5.92 Å². The Morgan fingerprint density at radius 2 is 1.71 bits per heavy atom. The van der Waals surface area contributed by atoms with Crippen LogP contribution in [0, 0.1) is 12.8 Å². The van der Waals surface area contributed by atoms with Crippen LogP contribution in [0.4, 0.5) is 0 Å². The van der Waals surface area contributed by atoms with Gasteiger partial charge in [-0.25, -0.2) is 0 Å². The summed E-state index contributed by atoms with van der Waals surface area (Å²) in [6, 6.07) is 6.68. The van der Waals surface area contributed by atoms with Crippen LogP contribution in [0.3, 0.4) is 0 Å². The molecule has 0 aliphatic carbocycles. The van der Waals surface area contributed by atoms with Crippen LogP contribution in [0.25, 0.3) is 0 Å². The Bertz CT molecular complexity index is 295. The van der Waals surface area contributed by atoms with E-state index in [9.17, 15) is 0 Å². The van der Waals surface area contributed by atoms with Crippen molar-refractivity contribution in [1.29, 1.82) is 0 Å². The van der Waals surface area contributed by atoms with E-state index >= 15 is 0 Å². The van der Waals surface area contributed by atoms with Crippen LogP contribution in [0.5, 0.6) is 0 Å². The van der Waals surface area contributed by atoms with Crippen molar-refractivity contribution < 1.29 is 0 Å². The molecule has 0 aliphatic heterocycles. The smallest absolute Gasteiger partial charge is 0.0213 e. The van der Waals surface area contributed by atoms with Gasteiger partial charge in [-0.2, -0.15) is 0 Å². The molecule has 1 aromatic carbocycles. The number of hydrogen-bond donors (Lipinski definition) is 0. The van der Waals surface area contributed by atoms with E-state index in [1.165, 1.54) is 17.5 Å². The number of aryl methyl sites for hydroxylation is 1. The number of hydrogen-bond acceptors (Lipinski definition) is 0. The highest BCUT2D eigenvalue weighted by Crippen LogP contribution is 2.25. The minimum absolute atomic E-state index is 0.643. The topological polar surface area (TPSA) is 0 Å². The maximum absolute atomic E-state index is 2.28. The van der Waals surface area contributed by atoms with Crippen LogP contribution in [0.15, 0.2) is 18.2 Å². The van der Waals surface area contributed by atoms with Crippen LogP contribution in [0.1, 0.15) is 50.3 Å². The fraction of sp³-hybridized carbons (Fsp3) is 0.571. The van der Waals surface area contributed by atoms with Gasteiger partial charge in [-0.15, -0.1) is 0 Å². The SMILES string of the molecule is Cc1cccc(CC(C)C)c1C(C)C. The van der Waals surface area contributed by atoms with Crippen LogP contribution in [-0.2, 0) is 6.42 Å². The van der Waals surface area contributed by atoms with Crippen molar-refractivity contribution in [2.75, 3.05) is 0 Å². The van der Waals surface area contributed by atoms with Gasteiger partial charge in [0.25, 0.3) is 0 Å². The quantitative estimate of drug-likeness (QED) is 0.666. The first-order valence-electron chi connectivity index (χ1n) is 5.60. The van der Waals surface area contributed by atoms with Crippen molar-refractivity contribution in [1.82, 2.24) is 0 Å². The first-order valence-corrected chi connectivity index (χ1v) is 5.60. The molecule has 0 radical (unpaired) electrons. The summed E-state index contributed by atoms with van der Waals surface area (Å²) < 4.78 is 0. The zero-order valence-electron chi connectivity index (χ0n) is 10.1. The summed E-state index contributed by atoms with van der Waals surface area (Å²) >= 11 is 0. The molecule has 0 amide bonds. The molecule has 1 aromatic rings. The maximum atomic E-state index is 2.28. The maximum Gasteiger partial charge on any atom is -0.0213 e. The minimum atomic E-state index is 0.643. The van der Waals surface area contributed by atoms with Gasteiger partial charge in [0.2, 0.25) is 0 Å². The third kappa shape index (κ3) is 2.60. The first kappa shape index (κ1) is 11.3. The van der Waals surface area contributed by atoms with E-state index in [1.807, 2.05) is 0 Å². The lowest BCUT2D eigenvalue weighted by molar-refractivity contribution is 0.637. The van der Waals surface area contributed by atoms with Gasteiger partial charge < -0.3 is 0 Å². The van der Waals surface area contributed by atoms with Crippen LogP contribution >= 0.6 is 0 Å². The highest BCUT2D eigenvalue weighted by Gasteiger charge is 2.09. The monoisotopic (exact) mass is 190 g/mol. The van der Waals surface area contributed by atoms with Gasteiger partial charge in [0.1, 0.15) is 0 Å². The molecular formula is C14H22. The molecule has 14 heavy (non-hydrogen) atoms. The minimum Gasteiger partial charge on any atom is -0.0625 e. The Kier molecular flexibility index (Phi) is 3.74. The van der Waals surface area contributed by atoms with E-state index in [2.05, 4.69) is 52.8 Å². The van der Waals surface area contributed by atoms with Gasteiger partial charge in [-0.3, -0.25) is 0 Å². The normalized spacial score (nSPS) is 11.4. The number of rotatable bonds is 3. The summed E-state index contributed by atoms with van der Waals surface area (Å²) in [6.45, 7) is 11.4. The lowest BCUT2D eigenvalue weighted by Crippen LogP contribution is -2.03. The van der Waals surface area contributed by atoms with E-state index in [-0.39, 0.29) is 0 Å². The molecule has 0 saturated carbocycles. The molecule has 0 heteroatoms. The molecule has 1 rings (SSSR count). The van der Waals surface area contributed by atoms with Crippen molar-refractivity contribution in [3.05, 3.63) is 34.9 Å². The molecular weight excluding hydrogens is 168 g/mol. The molecule has 0 nitrogen and oxygen atoms in total. The molecule has 0 atom stereocenters. The Morgan fingerprint density at radius 1 is 1.07 bits per heavy atom. The predicted octanol–water partition coefficient (Wildman–Crippen LogP) is 4.32.